The van der Waals surface area contributed by atoms with Crippen LogP contribution in [0.4, 0.5) is 11.4 Å². The number of fused-ring (bicyclic) bond motifs is 1. The predicted molar refractivity (Wildman–Crippen MR) is 72.7 cm³/mol. The number of anilines is 2. The van der Waals surface area contributed by atoms with Crippen molar-refractivity contribution in [3.63, 3.8) is 0 Å². The second kappa shape index (κ2) is 3.60. The number of nitrogens with two attached hydrogens (primary N) is 1. The van der Waals surface area contributed by atoms with Crippen LogP contribution in [-0.4, -0.2) is 11.1 Å². The van der Waals surface area contributed by atoms with Crippen molar-refractivity contribution >= 4 is 17.3 Å². The first-order chi connectivity index (χ1) is 8.91. The fourth-order valence-corrected chi connectivity index (χ4v) is 2.30. The van der Waals surface area contributed by atoms with Gasteiger partial charge in [0.2, 0.25) is 5.91 Å². The summed E-state index contributed by atoms with van der Waals surface area (Å²) in [5, 5.41) is 6.72. The van der Waals surface area contributed by atoms with Crippen LogP contribution in [0.2, 0.25) is 0 Å². The zero-order valence-corrected chi connectivity index (χ0v) is 11.1. The van der Waals surface area contributed by atoms with Gasteiger partial charge in [0.1, 0.15) is 11.4 Å². The minimum Gasteiger partial charge on any atom is -0.394 e. The van der Waals surface area contributed by atoms with E-state index in [2.05, 4.69) is 10.5 Å². The van der Waals surface area contributed by atoms with Gasteiger partial charge in [0.05, 0.1) is 5.41 Å². The molecule has 2 heterocycles. The van der Waals surface area contributed by atoms with E-state index in [0.29, 0.717) is 17.1 Å². The Labute approximate surface area is 110 Å². The largest absolute Gasteiger partial charge is 0.394 e. The first-order valence-corrected chi connectivity index (χ1v) is 6.09. The Morgan fingerprint density at radius 2 is 2.11 bits per heavy atom. The molecule has 3 N–H and O–H groups in total. The van der Waals surface area contributed by atoms with E-state index < -0.39 is 5.41 Å². The van der Waals surface area contributed by atoms with Gasteiger partial charge in [-0.25, -0.2) is 0 Å². The molecule has 0 atom stereocenters. The first-order valence-electron chi connectivity index (χ1n) is 6.09. The molecule has 19 heavy (non-hydrogen) atoms. The first kappa shape index (κ1) is 11.8. The number of carbonyl (C=O) groups excluding carboxylic acids is 1. The van der Waals surface area contributed by atoms with Crippen LogP contribution in [0, 0.1) is 6.92 Å². The lowest BCUT2D eigenvalue weighted by molar-refractivity contribution is -0.119. The zero-order valence-electron chi connectivity index (χ0n) is 11.1. The highest BCUT2D eigenvalue weighted by Crippen LogP contribution is 2.40. The Bertz CT molecular complexity index is 686. The van der Waals surface area contributed by atoms with Crippen LogP contribution in [0.5, 0.6) is 0 Å². The molecule has 0 unspecified atom stereocenters. The fourth-order valence-electron chi connectivity index (χ4n) is 2.30. The predicted octanol–water partition coefficient (Wildman–Crippen LogP) is 2.46. The lowest BCUT2D eigenvalue weighted by atomic mass is 9.85. The Morgan fingerprint density at radius 1 is 1.37 bits per heavy atom. The van der Waals surface area contributed by atoms with E-state index in [0.717, 1.165) is 16.8 Å². The van der Waals surface area contributed by atoms with Gasteiger partial charge in [-0.1, -0.05) is 5.16 Å². The number of nitrogen functional groups attached to an aromatic ring is 1. The number of hydrogen-bond acceptors (Lipinski definition) is 4. The number of aromatic nitrogens is 1. The Morgan fingerprint density at radius 3 is 2.74 bits per heavy atom. The van der Waals surface area contributed by atoms with Crippen molar-refractivity contribution in [3.8, 4) is 11.3 Å². The SMILES string of the molecule is Cc1noc(-c2ccc3c(c2)C(C)(C)C(=O)N3)c1N. The van der Waals surface area contributed by atoms with Crippen LogP contribution in [0.3, 0.4) is 0 Å². The Kier molecular flexibility index (Phi) is 2.23. The molecule has 98 valence electrons. The molecule has 0 aliphatic carbocycles. The van der Waals surface area contributed by atoms with Gasteiger partial charge in [-0.3, -0.25) is 4.79 Å². The molecule has 3 rings (SSSR count). The van der Waals surface area contributed by atoms with Crippen molar-refractivity contribution < 1.29 is 9.32 Å². The number of nitrogens with zero attached hydrogens (tertiary/aromatic N) is 1. The molecule has 0 radical (unpaired) electrons. The molecule has 0 bridgehead atoms. The lowest BCUT2D eigenvalue weighted by Gasteiger charge is -2.15. The van der Waals surface area contributed by atoms with Crippen molar-refractivity contribution in [2.24, 2.45) is 0 Å². The summed E-state index contributed by atoms with van der Waals surface area (Å²) in [5.74, 6) is 0.553. The third-order valence-corrected chi connectivity index (χ3v) is 3.68. The van der Waals surface area contributed by atoms with Crippen molar-refractivity contribution in [1.29, 1.82) is 0 Å². The number of aryl methyl sites for hydroxylation is 1. The monoisotopic (exact) mass is 257 g/mol. The summed E-state index contributed by atoms with van der Waals surface area (Å²) >= 11 is 0. The van der Waals surface area contributed by atoms with Crippen LogP contribution in [0.25, 0.3) is 11.3 Å². The lowest BCUT2D eigenvalue weighted by Crippen LogP contribution is -2.26. The van der Waals surface area contributed by atoms with Crippen molar-refractivity contribution in [1.82, 2.24) is 5.16 Å². The van der Waals surface area contributed by atoms with E-state index in [-0.39, 0.29) is 5.91 Å². The van der Waals surface area contributed by atoms with Crippen molar-refractivity contribution in [2.45, 2.75) is 26.2 Å². The molecule has 0 fully saturated rings. The molecule has 1 amide bonds. The standard InChI is InChI=1S/C14H15N3O2/c1-7-11(15)12(19-17-7)8-4-5-10-9(6-8)14(2,3)13(18)16-10/h4-6H,15H2,1-3H3,(H,16,18). The van der Waals surface area contributed by atoms with Crippen LogP contribution >= 0.6 is 0 Å². The summed E-state index contributed by atoms with van der Waals surface area (Å²) in [5.41, 5.74) is 9.22. The smallest absolute Gasteiger partial charge is 0.234 e. The highest BCUT2D eigenvalue weighted by molar-refractivity contribution is 6.06. The van der Waals surface area contributed by atoms with Crippen LogP contribution in [0.1, 0.15) is 25.1 Å². The summed E-state index contributed by atoms with van der Waals surface area (Å²) in [7, 11) is 0. The number of nitrogens with one attached hydrogen (secondary N) is 1. The van der Waals surface area contributed by atoms with Gasteiger partial charge in [0.15, 0.2) is 5.76 Å². The maximum Gasteiger partial charge on any atom is 0.234 e. The van der Waals surface area contributed by atoms with Crippen molar-refractivity contribution in [3.05, 3.63) is 29.5 Å². The normalized spacial score (nSPS) is 16.3. The minimum atomic E-state index is -0.546. The summed E-state index contributed by atoms with van der Waals surface area (Å²) in [6, 6.07) is 5.68. The molecule has 2 aromatic rings. The van der Waals surface area contributed by atoms with Gasteiger partial charge < -0.3 is 15.6 Å². The molecule has 0 spiro atoms. The maximum absolute atomic E-state index is 11.9. The quantitative estimate of drug-likeness (QED) is 0.822. The van der Waals surface area contributed by atoms with Gasteiger partial charge in [-0.15, -0.1) is 0 Å². The highest BCUT2D eigenvalue weighted by atomic mass is 16.5. The van der Waals surface area contributed by atoms with E-state index in [4.69, 9.17) is 10.3 Å². The van der Waals surface area contributed by atoms with Gasteiger partial charge >= 0.3 is 0 Å². The second-order valence-corrected chi connectivity index (χ2v) is 5.35. The summed E-state index contributed by atoms with van der Waals surface area (Å²) in [6.45, 7) is 5.59. The Balaban J connectivity index is 2.16. The molecule has 5 heteroatoms. The van der Waals surface area contributed by atoms with Crippen molar-refractivity contribution in [2.75, 3.05) is 11.1 Å². The number of amides is 1. The summed E-state index contributed by atoms with van der Waals surface area (Å²) in [6.07, 6.45) is 0. The number of rotatable bonds is 1. The van der Waals surface area contributed by atoms with E-state index in [9.17, 15) is 4.79 Å². The average Bonchev–Trinajstić information content (AvgIpc) is 2.80. The molecule has 1 aliphatic rings. The fraction of sp³-hybridized carbons (Fsp3) is 0.286. The zero-order chi connectivity index (χ0) is 13.8. The van der Waals surface area contributed by atoms with E-state index in [1.807, 2.05) is 32.0 Å². The number of benzene rings is 1. The van der Waals surface area contributed by atoms with Gasteiger partial charge in [-0.05, 0) is 44.5 Å². The van der Waals surface area contributed by atoms with Crippen LogP contribution < -0.4 is 11.1 Å². The number of carbonyl (C=O) groups is 1. The molecule has 0 saturated heterocycles. The molecule has 1 aromatic carbocycles. The van der Waals surface area contributed by atoms with Gasteiger partial charge in [0.25, 0.3) is 0 Å². The summed E-state index contributed by atoms with van der Waals surface area (Å²) < 4.78 is 5.26. The van der Waals surface area contributed by atoms with Gasteiger partial charge in [-0.2, -0.15) is 0 Å². The van der Waals surface area contributed by atoms with E-state index >= 15 is 0 Å². The minimum absolute atomic E-state index is 0.00127. The second-order valence-electron chi connectivity index (χ2n) is 5.35. The highest BCUT2D eigenvalue weighted by Gasteiger charge is 2.38. The molecule has 1 aromatic heterocycles. The topological polar surface area (TPSA) is 81.2 Å². The maximum atomic E-state index is 11.9. The van der Waals surface area contributed by atoms with Crippen LogP contribution in [-0.2, 0) is 10.2 Å². The average molecular weight is 257 g/mol. The summed E-state index contributed by atoms with van der Waals surface area (Å²) in [4.78, 5) is 11.9. The molecule has 1 aliphatic heterocycles. The Hall–Kier alpha value is -2.30. The third kappa shape index (κ3) is 1.54. The molecular formula is C14H15N3O2. The van der Waals surface area contributed by atoms with Crippen LogP contribution in [0.15, 0.2) is 22.7 Å². The molecule has 0 saturated carbocycles. The molecular weight excluding hydrogens is 242 g/mol. The number of hydrogen-bond donors (Lipinski definition) is 2. The van der Waals surface area contributed by atoms with E-state index in [1.165, 1.54) is 0 Å². The van der Waals surface area contributed by atoms with Gasteiger partial charge in [0, 0.05) is 11.3 Å². The third-order valence-electron chi connectivity index (χ3n) is 3.68. The molecule has 5 nitrogen and oxygen atoms in total. The van der Waals surface area contributed by atoms with E-state index in [1.54, 1.807) is 6.92 Å².